The number of hydrogen-bond donors (Lipinski definition) is 1. The summed E-state index contributed by atoms with van der Waals surface area (Å²) in [6.07, 6.45) is 3.77. The molecule has 1 fully saturated rings. The fourth-order valence-electron chi connectivity index (χ4n) is 3.15. The van der Waals surface area contributed by atoms with Crippen molar-refractivity contribution >= 4 is 34.8 Å². The monoisotopic (exact) mass is 380 g/mol. The third-order valence-corrected chi connectivity index (χ3v) is 4.93. The Bertz CT molecular complexity index is 836. The molecule has 0 spiro atoms. The van der Waals surface area contributed by atoms with E-state index in [4.69, 9.17) is 28.9 Å². The number of hydrogen-bond acceptors (Lipinski definition) is 4. The highest BCUT2D eigenvalue weighted by Gasteiger charge is 2.24. The average molecular weight is 381 g/mol. The molecule has 3 rings (SSSR count). The number of piperidine rings is 1. The number of rotatable bonds is 4. The van der Waals surface area contributed by atoms with Crippen molar-refractivity contribution < 1.29 is 4.79 Å². The van der Waals surface area contributed by atoms with E-state index < -0.39 is 5.56 Å². The minimum Gasteiger partial charge on any atom is -0.370 e. The lowest BCUT2D eigenvalue weighted by atomic mass is 9.94. The van der Waals surface area contributed by atoms with Gasteiger partial charge in [-0.1, -0.05) is 23.2 Å². The van der Waals surface area contributed by atoms with Crippen LogP contribution in [0.15, 0.2) is 35.3 Å². The Morgan fingerprint density at radius 3 is 2.68 bits per heavy atom. The number of carbonyl (C=O) groups excluding carboxylic acids is 1. The van der Waals surface area contributed by atoms with Crippen molar-refractivity contribution in [3.63, 3.8) is 0 Å². The van der Waals surface area contributed by atoms with Crippen LogP contribution in [0.25, 0.3) is 5.69 Å². The second-order valence-electron chi connectivity index (χ2n) is 6.16. The normalized spacial score (nSPS) is 17.5. The molecule has 1 atom stereocenters. The Morgan fingerprint density at radius 1 is 1.28 bits per heavy atom. The number of amides is 1. The van der Waals surface area contributed by atoms with E-state index in [0.717, 1.165) is 19.4 Å². The number of primary amides is 1. The topological polar surface area (TPSA) is 81.2 Å². The Hall–Kier alpha value is -2.05. The summed E-state index contributed by atoms with van der Waals surface area (Å²) in [5.41, 5.74) is 6.09. The van der Waals surface area contributed by atoms with E-state index in [1.54, 1.807) is 30.5 Å². The van der Waals surface area contributed by atoms with E-state index in [-0.39, 0.29) is 16.8 Å². The van der Waals surface area contributed by atoms with Crippen molar-refractivity contribution in [1.29, 1.82) is 0 Å². The highest BCUT2D eigenvalue weighted by atomic mass is 35.5. The number of nitrogens with two attached hydrogens (primary N) is 1. The van der Waals surface area contributed by atoms with Crippen molar-refractivity contribution in [2.45, 2.75) is 19.3 Å². The summed E-state index contributed by atoms with van der Waals surface area (Å²) in [6, 6.07) is 6.78. The molecular formula is C17H18Cl2N4O2. The fraction of sp³-hybridized carbons (Fsp3) is 0.353. The lowest BCUT2D eigenvalue weighted by Gasteiger charge is -2.34. The summed E-state index contributed by atoms with van der Waals surface area (Å²) in [5.74, 6) is -0.143. The molecule has 0 saturated carbocycles. The van der Waals surface area contributed by atoms with Crippen LogP contribution in [0, 0.1) is 5.92 Å². The van der Waals surface area contributed by atoms with Crippen LogP contribution in [0.4, 0.5) is 5.69 Å². The van der Waals surface area contributed by atoms with Gasteiger partial charge in [-0.25, -0.2) is 0 Å². The van der Waals surface area contributed by atoms with Gasteiger partial charge in [0.25, 0.3) is 5.56 Å². The highest BCUT2D eigenvalue weighted by Crippen LogP contribution is 2.28. The lowest BCUT2D eigenvalue weighted by Crippen LogP contribution is -2.38. The molecular weight excluding hydrogens is 363 g/mol. The van der Waals surface area contributed by atoms with E-state index in [2.05, 4.69) is 5.10 Å². The maximum absolute atomic E-state index is 12.6. The summed E-state index contributed by atoms with van der Waals surface area (Å²) in [6.45, 7) is 1.40. The van der Waals surface area contributed by atoms with Gasteiger partial charge in [-0.05, 0) is 43.0 Å². The fourth-order valence-corrected chi connectivity index (χ4v) is 3.52. The predicted octanol–water partition coefficient (Wildman–Crippen LogP) is 2.63. The van der Waals surface area contributed by atoms with Crippen molar-refractivity contribution in [1.82, 2.24) is 9.78 Å². The molecule has 1 aliphatic rings. The summed E-state index contributed by atoms with van der Waals surface area (Å²) in [7, 11) is 0. The molecule has 25 heavy (non-hydrogen) atoms. The molecule has 1 aromatic heterocycles. The number of aromatic nitrogens is 2. The largest absolute Gasteiger partial charge is 0.370 e. The molecule has 1 aliphatic heterocycles. The Labute approximate surface area is 155 Å². The van der Waals surface area contributed by atoms with Gasteiger partial charge in [0, 0.05) is 24.5 Å². The van der Waals surface area contributed by atoms with Crippen LogP contribution in [0.1, 0.15) is 19.3 Å². The van der Waals surface area contributed by atoms with Gasteiger partial charge in [0.2, 0.25) is 5.91 Å². The third kappa shape index (κ3) is 3.96. The predicted molar refractivity (Wildman–Crippen MR) is 98.6 cm³/mol. The smallest absolute Gasteiger partial charge is 0.292 e. The van der Waals surface area contributed by atoms with Gasteiger partial charge in [0.1, 0.15) is 5.02 Å². The first-order valence-corrected chi connectivity index (χ1v) is 8.78. The first kappa shape index (κ1) is 17.8. The molecule has 2 heterocycles. The van der Waals surface area contributed by atoms with Crippen molar-refractivity contribution in [2.24, 2.45) is 11.7 Å². The van der Waals surface area contributed by atoms with Crippen molar-refractivity contribution in [3.8, 4) is 5.69 Å². The van der Waals surface area contributed by atoms with Gasteiger partial charge in [0.05, 0.1) is 17.6 Å². The highest BCUT2D eigenvalue weighted by molar-refractivity contribution is 6.33. The minimum absolute atomic E-state index is 0.115. The molecule has 0 radical (unpaired) electrons. The maximum atomic E-state index is 12.6. The molecule has 1 amide bonds. The second-order valence-corrected chi connectivity index (χ2v) is 6.98. The van der Waals surface area contributed by atoms with Gasteiger partial charge in [-0.2, -0.15) is 9.78 Å². The van der Waals surface area contributed by atoms with Gasteiger partial charge in [-0.15, -0.1) is 0 Å². The molecule has 132 valence electrons. The molecule has 0 aliphatic carbocycles. The molecule has 6 nitrogen and oxygen atoms in total. The molecule has 0 bridgehead atoms. The summed E-state index contributed by atoms with van der Waals surface area (Å²) >= 11 is 12.2. The molecule has 2 N–H and O–H groups in total. The van der Waals surface area contributed by atoms with Crippen molar-refractivity contribution in [2.75, 3.05) is 18.0 Å². The van der Waals surface area contributed by atoms with E-state index in [0.29, 0.717) is 29.4 Å². The Morgan fingerprint density at radius 2 is 2.00 bits per heavy atom. The SMILES string of the molecule is NC(=O)CC1CCCN(c2cnn(-c3ccc(Cl)cc3)c(=O)c2Cl)C1. The Kier molecular flexibility index (Phi) is 5.30. The van der Waals surface area contributed by atoms with Crippen LogP contribution in [-0.4, -0.2) is 28.8 Å². The molecule has 1 unspecified atom stereocenters. The number of carbonyl (C=O) groups is 1. The van der Waals surface area contributed by atoms with E-state index in [9.17, 15) is 9.59 Å². The second kappa shape index (κ2) is 7.45. The zero-order valence-electron chi connectivity index (χ0n) is 13.5. The summed E-state index contributed by atoms with van der Waals surface area (Å²) < 4.78 is 1.24. The molecule has 1 saturated heterocycles. The van der Waals surface area contributed by atoms with Crippen LogP contribution in [0.3, 0.4) is 0 Å². The third-order valence-electron chi connectivity index (χ3n) is 4.32. The number of nitrogens with zero attached hydrogens (tertiary/aromatic N) is 3. The van der Waals surface area contributed by atoms with Gasteiger partial charge in [0.15, 0.2) is 0 Å². The zero-order valence-corrected chi connectivity index (χ0v) is 15.0. The van der Waals surface area contributed by atoms with E-state index in [1.807, 2.05) is 4.90 Å². The van der Waals surface area contributed by atoms with E-state index >= 15 is 0 Å². The first-order valence-electron chi connectivity index (χ1n) is 8.02. The van der Waals surface area contributed by atoms with E-state index in [1.165, 1.54) is 4.68 Å². The molecule has 1 aromatic carbocycles. The standard InChI is InChI=1S/C17H18Cl2N4O2/c18-12-3-5-13(6-4-12)23-17(25)16(19)14(9-21-23)22-7-1-2-11(10-22)8-15(20)24/h3-6,9,11H,1-2,7-8,10H2,(H2,20,24). The van der Waals surface area contributed by atoms with Crippen LogP contribution in [-0.2, 0) is 4.79 Å². The summed E-state index contributed by atoms with van der Waals surface area (Å²) in [4.78, 5) is 25.8. The number of halogens is 2. The van der Waals surface area contributed by atoms with Crippen LogP contribution in [0.2, 0.25) is 10.0 Å². The quantitative estimate of drug-likeness (QED) is 0.883. The van der Waals surface area contributed by atoms with Gasteiger partial charge in [-0.3, -0.25) is 9.59 Å². The maximum Gasteiger partial charge on any atom is 0.292 e. The first-order chi connectivity index (χ1) is 12.0. The molecule has 2 aromatic rings. The zero-order chi connectivity index (χ0) is 18.0. The number of anilines is 1. The summed E-state index contributed by atoms with van der Waals surface area (Å²) in [5, 5.41) is 4.94. The van der Waals surface area contributed by atoms with Gasteiger partial charge < -0.3 is 10.6 Å². The molecule has 8 heteroatoms. The minimum atomic E-state index is -0.390. The van der Waals surface area contributed by atoms with Crippen molar-refractivity contribution in [3.05, 3.63) is 50.9 Å². The number of benzene rings is 1. The van der Waals surface area contributed by atoms with Crippen LogP contribution < -0.4 is 16.2 Å². The average Bonchev–Trinajstić information content (AvgIpc) is 2.58. The van der Waals surface area contributed by atoms with Crippen LogP contribution in [0.5, 0.6) is 0 Å². The lowest BCUT2D eigenvalue weighted by molar-refractivity contribution is -0.118. The van der Waals surface area contributed by atoms with Gasteiger partial charge >= 0.3 is 0 Å². The Balaban J connectivity index is 1.88. The van der Waals surface area contributed by atoms with Crippen LogP contribution >= 0.6 is 23.2 Å².